The minimum atomic E-state index is 0.610. The molecule has 0 spiro atoms. The van der Waals surface area contributed by atoms with Gasteiger partial charge in [-0.3, -0.25) is 0 Å². The molecule has 1 aromatic carbocycles. The molecule has 21 heavy (non-hydrogen) atoms. The van der Waals surface area contributed by atoms with E-state index < -0.39 is 0 Å². The molecule has 1 saturated heterocycles. The van der Waals surface area contributed by atoms with Gasteiger partial charge in [0.05, 0.1) is 11.6 Å². The lowest BCUT2D eigenvalue weighted by Crippen LogP contribution is -2.44. The molecule has 1 aliphatic heterocycles. The Bertz CT molecular complexity index is 460. The van der Waals surface area contributed by atoms with Gasteiger partial charge in [0.15, 0.2) is 0 Å². The second-order valence-corrected chi connectivity index (χ2v) is 6.40. The van der Waals surface area contributed by atoms with E-state index in [9.17, 15) is 0 Å². The highest BCUT2D eigenvalue weighted by Gasteiger charge is 2.14. The van der Waals surface area contributed by atoms with Gasteiger partial charge in [0.1, 0.15) is 5.75 Å². The monoisotopic (exact) mass is 330 g/mol. The molecule has 0 unspecified atom stereocenters. The van der Waals surface area contributed by atoms with Gasteiger partial charge in [0, 0.05) is 31.2 Å². The fourth-order valence-corrected chi connectivity index (χ4v) is 3.26. The van der Waals surface area contributed by atoms with Gasteiger partial charge in [-0.15, -0.1) is 0 Å². The molecule has 0 N–H and O–H groups in total. The van der Waals surface area contributed by atoms with Crippen LogP contribution in [0.1, 0.15) is 18.9 Å². The zero-order chi connectivity index (χ0) is 15.2. The van der Waals surface area contributed by atoms with E-state index in [4.69, 9.17) is 27.9 Å². The maximum absolute atomic E-state index is 6.23. The number of benzene rings is 1. The van der Waals surface area contributed by atoms with Gasteiger partial charge in [0.2, 0.25) is 0 Å². The number of likely N-dealkylation sites (N-methyl/N-ethyl adjacent to an activating group) is 1. The van der Waals surface area contributed by atoms with Crippen molar-refractivity contribution in [2.24, 2.45) is 0 Å². The van der Waals surface area contributed by atoms with Crippen molar-refractivity contribution < 1.29 is 4.74 Å². The summed E-state index contributed by atoms with van der Waals surface area (Å²) < 4.78 is 5.67. The first-order valence-corrected chi connectivity index (χ1v) is 8.37. The Morgan fingerprint density at radius 1 is 1.14 bits per heavy atom. The Hall–Kier alpha value is -0.480. The summed E-state index contributed by atoms with van der Waals surface area (Å²) in [5.74, 6) is 0.793. The predicted octanol–water partition coefficient (Wildman–Crippen LogP) is 3.57. The molecule has 118 valence electrons. The van der Waals surface area contributed by atoms with E-state index in [0.29, 0.717) is 16.7 Å². The molecule has 1 aromatic rings. The smallest absolute Gasteiger partial charge is 0.141 e. The topological polar surface area (TPSA) is 15.7 Å². The molecule has 0 bridgehead atoms. The largest absolute Gasteiger partial charge is 0.492 e. The summed E-state index contributed by atoms with van der Waals surface area (Å²) >= 11 is 12.3. The van der Waals surface area contributed by atoms with Crippen LogP contribution in [0.3, 0.4) is 0 Å². The third-order valence-corrected chi connectivity index (χ3v) is 4.39. The van der Waals surface area contributed by atoms with E-state index in [0.717, 1.165) is 56.9 Å². The zero-order valence-electron chi connectivity index (χ0n) is 12.9. The molecule has 0 atom stereocenters. The number of rotatable bonds is 6. The van der Waals surface area contributed by atoms with Crippen molar-refractivity contribution in [1.82, 2.24) is 9.80 Å². The average molecular weight is 331 g/mol. The first kappa shape index (κ1) is 16.9. The molecule has 3 nitrogen and oxygen atoms in total. The summed E-state index contributed by atoms with van der Waals surface area (Å²) in [6.07, 6.45) is 2.04. The third-order valence-electron chi connectivity index (χ3n) is 3.89. The fraction of sp³-hybridized carbons (Fsp3) is 0.625. The van der Waals surface area contributed by atoms with Gasteiger partial charge in [-0.1, -0.05) is 23.2 Å². The number of ether oxygens (including phenoxy) is 1. The van der Waals surface area contributed by atoms with Crippen molar-refractivity contribution in [2.45, 2.75) is 19.8 Å². The Labute approximate surface area is 137 Å². The molecular formula is C16H24Cl2N2O. The van der Waals surface area contributed by atoms with Crippen LogP contribution in [0.25, 0.3) is 0 Å². The number of halogens is 2. The van der Waals surface area contributed by atoms with Crippen molar-refractivity contribution in [3.8, 4) is 5.75 Å². The quantitative estimate of drug-likeness (QED) is 0.793. The molecule has 1 fully saturated rings. The number of piperazine rings is 1. The SMILES string of the molecule is CCOc1c(Cl)cc(Cl)cc1CCCN1CCN(C)CC1. The minimum absolute atomic E-state index is 0.610. The molecule has 1 aliphatic rings. The van der Waals surface area contributed by atoms with Gasteiger partial charge >= 0.3 is 0 Å². The van der Waals surface area contributed by atoms with Crippen LogP contribution in [0.5, 0.6) is 5.75 Å². The molecule has 5 heteroatoms. The number of nitrogens with zero attached hydrogens (tertiary/aromatic N) is 2. The summed E-state index contributed by atoms with van der Waals surface area (Å²) in [5.41, 5.74) is 1.11. The van der Waals surface area contributed by atoms with Crippen LogP contribution in [0, 0.1) is 0 Å². The summed E-state index contributed by atoms with van der Waals surface area (Å²) in [4.78, 5) is 4.90. The summed E-state index contributed by atoms with van der Waals surface area (Å²) in [5, 5.41) is 1.29. The van der Waals surface area contributed by atoms with Crippen LogP contribution in [-0.2, 0) is 6.42 Å². The highest BCUT2D eigenvalue weighted by Crippen LogP contribution is 2.33. The van der Waals surface area contributed by atoms with Crippen LogP contribution >= 0.6 is 23.2 Å². The molecular weight excluding hydrogens is 307 g/mol. The van der Waals surface area contributed by atoms with E-state index in [-0.39, 0.29) is 0 Å². The normalized spacial score (nSPS) is 17.1. The summed E-state index contributed by atoms with van der Waals surface area (Å²) in [6, 6.07) is 3.72. The van der Waals surface area contributed by atoms with Crippen molar-refractivity contribution in [1.29, 1.82) is 0 Å². The fourth-order valence-electron chi connectivity index (χ4n) is 2.67. The lowest BCUT2D eigenvalue weighted by Gasteiger charge is -2.32. The minimum Gasteiger partial charge on any atom is -0.492 e. The van der Waals surface area contributed by atoms with Gasteiger partial charge in [-0.25, -0.2) is 0 Å². The number of hydrogen-bond donors (Lipinski definition) is 0. The standard InChI is InChI=1S/C16H24Cl2N2O/c1-3-21-16-13(11-14(17)12-15(16)18)5-4-6-20-9-7-19(2)8-10-20/h11-12H,3-10H2,1-2H3. The predicted molar refractivity (Wildman–Crippen MR) is 89.9 cm³/mol. The van der Waals surface area contributed by atoms with Crippen molar-refractivity contribution >= 4 is 23.2 Å². The van der Waals surface area contributed by atoms with Crippen LogP contribution in [0.2, 0.25) is 10.0 Å². The zero-order valence-corrected chi connectivity index (χ0v) is 14.4. The molecule has 0 radical (unpaired) electrons. The maximum atomic E-state index is 6.23. The third kappa shape index (κ3) is 5.03. The highest BCUT2D eigenvalue weighted by atomic mass is 35.5. The first-order chi connectivity index (χ1) is 10.1. The lowest BCUT2D eigenvalue weighted by atomic mass is 10.1. The lowest BCUT2D eigenvalue weighted by molar-refractivity contribution is 0.153. The summed E-state index contributed by atoms with van der Waals surface area (Å²) in [6.45, 7) is 8.34. The molecule has 0 aromatic heterocycles. The van der Waals surface area contributed by atoms with Gasteiger partial charge in [-0.2, -0.15) is 0 Å². The van der Waals surface area contributed by atoms with Gasteiger partial charge < -0.3 is 14.5 Å². The second-order valence-electron chi connectivity index (χ2n) is 5.56. The van der Waals surface area contributed by atoms with Crippen molar-refractivity contribution in [3.63, 3.8) is 0 Å². The van der Waals surface area contributed by atoms with E-state index in [1.807, 2.05) is 13.0 Å². The Kier molecular flexibility index (Phi) is 6.62. The molecule has 1 heterocycles. The first-order valence-electron chi connectivity index (χ1n) is 7.61. The van der Waals surface area contributed by atoms with Crippen LogP contribution in [0.4, 0.5) is 0 Å². The van der Waals surface area contributed by atoms with E-state index in [1.54, 1.807) is 6.07 Å². The molecule has 0 saturated carbocycles. The summed E-state index contributed by atoms with van der Waals surface area (Å²) in [7, 11) is 2.18. The van der Waals surface area contributed by atoms with Gasteiger partial charge in [0.25, 0.3) is 0 Å². The number of hydrogen-bond acceptors (Lipinski definition) is 3. The Morgan fingerprint density at radius 3 is 2.52 bits per heavy atom. The average Bonchev–Trinajstić information content (AvgIpc) is 2.44. The van der Waals surface area contributed by atoms with Crippen molar-refractivity contribution in [2.75, 3.05) is 46.4 Å². The Balaban J connectivity index is 1.90. The van der Waals surface area contributed by atoms with Crippen molar-refractivity contribution in [3.05, 3.63) is 27.7 Å². The van der Waals surface area contributed by atoms with Crippen LogP contribution < -0.4 is 4.74 Å². The highest BCUT2D eigenvalue weighted by molar-refractivity contribution is 6.35. The van der Waals surface area contributed by atoms with E-state index in [1.165, 1.54) is 0 Å². The van der Waals surface area contributed by atoms with E-state index in [2.05, 4.69) is 16.8 Å². The van der Waals surface area contributed by atoms with E-state index >= 15 is 0 Å². The maximum Gasteiger partial charge on any atom is 0.141 e. The molecule has 2 rings (SSSR count). The second kappa shape index (κ2) is 8.23. The Morgan fingerprint density at radius 2 is 1.86 bits per heavy atom. The molecule has 0 aliphatic carbocycles. The van der Waals surface area contributed by atoms with Crippen LogP contribution in [0.15, 0.2) is 12.1 Å². The number of aryl methyl sites for hydroxylation is 1. The molecule has 0 amide bonds. The van der Waals surface area contributed by atoms with Crippen LogP contribution in [-0.4, -0.2) is 56.2 Å². The van der Waals surface area contributed by atoms with Gasteiger partial charge in [-0.05, 0) is 51.1 Å².